The van der Waals surface area contributed by atoms with Gasteiger partial charge in [-0.15, -0.1) is 0 Å². The summed E-state index contributed by atoms with van der Waals surface area (Å²) in [5.74, 6) is -0.488. The van der Waals surface area contributed by atoms with E-state index in [1.165, 1.54) is 0 Å². The van der Waals surface area contributed by atoms with Crippen molar-refractivity contribution in [3.8, 4) is 0 Å². The topological polar surface area (TPSA) is 125 Å². The lowest BCUT2D eigenvalue weighted by Gasteiger charge is -2.36. The normalized spacial score (nSPS) is 20.0. The molecule has 7 heteroatoms. The smallest absolute Gasteiger partial charge is 0.240 e. The predicted octanol–water partition coefficient (Wildman–Crippen LogP) is -2.67. The van der Waals surface area contributed by atoms with Crippen molar-refractivity contribution in [2.45, 2.75) is 23.9 Å². The molecule has 1 rings (SSSR count). The second-order valence-corrected chi connectivity index (χ2v) is 4.48. The molecule has 1 fully saturated rings. The fourth-order valence-electron chi connectivity index (χ4n) is 1.60. The number of carbonyl (C=O) groups excluding carboxylic acids is 1. The molecule has 0 radical (unpaired) electrons. The maximum absolute atomic E-state index is 12.0. The number of nitrogens with one attached hydrogen (secondary N) is 1. The predicted molar refractivity (Wildman–Crippen MR) is 59.1 cm³/mol. The quantitative estimate of drug-likeness (QED) is 0.361. The van der Waals surface area contributed by atoms with Crippen LogP contribution in [0.4, 0.5) is 0 Å². The Morgan fingerprint density at radius 1 is 1.24 bits per heavy atom. The van der Waals surface area contributed by atoms with Gasteiger partial charge in [-0.05, 0) is 12.8 Å². The number of ether oxygens (including phenoxy) is 1. The van der Waals surface area contributed by atoms with Gasteiger partial charge >= 0.3 is 0 Å². The van der Waals surface area contributed by atoms with E-state index in [2.05, 4.69) is 5.32 Å². The highest BCUT2D eigenvalue weighted by Gasteiger charge is 2.40. The third-order valence-corrected chi connectivity index (χ3v) is 3.12. The molecule has 0 atom stereocenters. The second-order valence-electron chi connectivity index (χ2n) is 4.48. The molecule has 1 aliphatic rings. The van der Waals surface area contributed by atoms with Gasteiger partial charge in [-0.25, -0.2) is 0 Å². The van der Waals surface area contributed by atoms with Crippen LogP contribution in [0.1, 0.15) is 12.8 Å². The van der Waals surface area contributed by atoms with Crippen LogP contribution in [0.15, 0.2) is 0 Å². The van der Waals surface area contributed by atoms with Gasteiger partial charge in [0.05, 0.1) is 25.4 Å². The van der Waals surface area contributed by atoms with E-state index in [1.807, 2.05) is 0 Å². The number of hydrogen-bond acceptors (Lipinski definition) is 6. The third-order valence-electron chi connectivity index (χ3n) is 3.12. The summed E-state index contributed by atoms with van der Waals surface area (Å²) >= 11 is 0. The van der Waals surface area contributed by atoms with Crippen molar-refractivity contribution >= 4 is 5.91 Å². The van der Waals surface area contributed by atoms with Gasteiger partial charge in [0.2, 0.25) is 5.91 Å². The first kappa shape index (κ1) is 14.3. The molecule has 0 spiro atoms. The largest absolute Gasteiger partial charge is 0.394 e. The van der Waals surface area contributed by atoms with E-state index in [0.717, 1.165) is 0 Å². The molecule has 0 unspecified atom stereocenters. The Bertz CT molecular complexity index is 253. The van der Waals surface area contributed by atoms with Gasteiger partial charge in [-0.2, -0.15) is 0 Å². The molecule has 17 heavy (non-hydrogen) atoms. The van der Waals surface area contributed by atoms with Crippen LogP contribution >= 0.6 is 0 Å². The highest BCUT2D eigenvalue weighted by molar-refractivity contribution is 5.86. The SMILES string of the molecule is NC1(C(=O)NC(CO)(CO)CO)CCOCC1. The summed E-state index contributed by atoms with van der Waals surface area (Å²) in [4.78, 5) is 12.0. The van der Waals surface area contributed by atoms with Crippen LogP contribution in [-0.2, 0) is 9.53 Å². The van der Waals surface area contributed by atoms with E-state index in [1.54, 1.807) is 0 Å². The second kappa shape index (κ2) is 5.74. The monoisotopic (exact) mass is 248 g/mol. The Kier molecular flexibility index (Phi) is 4.84. The fraction of sp³-hybridized carbons (Fsp3) is 0.900. The first-order valence-corrected chi connectivity index (χ1v) is 5.54. The summed E-state index contributed by atoms with van der Waals surface area (Å²) in [7, 11) is 0. The number of nitrogens with two attached hydrogens (primary N) is 1. The van der Waals surface area contributed by atoms with Gasteiger partial charge in [-0.1, -0.05) is 0 Å². The van der Waals surface area contributed by atoms with Crippen molar-refractivity contribution in [1.82, 2.24) is 5.32 Å². The van der Waals surface area contributed by atoms with Crippen molar-refractivity contribution in [2.24, 2.45) is 5.73 Å². The van der Waals surface area contributed by atoms with Crippen molar-refractivity contribution in [2.75, 3.05) is 33.0 Å². The third kappa shape index (κ3) is 3.14. The van der Waals surface area contributed by atoms with Gasteiger partial charge in [0.15, 0.2) is 0 Å². The Balaban J connectivity index is 2.69. The van der Waals surface area contributed by atoms with Crippen LogP contribution in [0.25, 0.3) is 0 Å². The molecule has 0 aromatic heterocycles. The van der Waals surface area contributed by atoms with Crippen molar-refractivity contribution in [1.29, 1.82) is 0 Å². The number of carbonyl (C=O) groups is 1. The highest BCUT2D eigenvalue weighted by Crippen LogP contribution is 2.19. The summed E-state index contributed by atoms with van der Waals surface area (Å²) in [6.07, 6.45) is 0.744. The minimum atomic E-state index is -1.43. The van der Waals surface area contributed by atoms with Crippen molar-refractivity contribution in [3.63, 3.8) is 0 Å². The molecular weight excluding hydrogens is 228 g/mol. The Morgan fingerprint density at radius 3 is 2.12 bits per heavy atom. The standard InChI is InChI=1S/C10H20N2O5/c11-10(1-3-17-4-2-10)8(16)12-9(5-13,6-14)7-15/h13-15H,1-7,11H2,(H,12,16). The van der Waals surface area contributed by atoms with Gasteiger partial charge < -0.3 is 31.1 Å². The van der Waals surface area contributed by atoms with Crippen LogP contribution in [0.2, 0.25) is 0 Å². The first-order chi connectivity index (χ1) is 8.02. The average Bonchev–Trinajstić information content (AvgIpc) is 2.37. The Morgan fingerprint density at radius 2 is 1.71 bits per heavy atom. The number of rotatable bonds is 5. The molecule has 1 heterocycles. The van der Waals surface area contributed by atoms with Crippen LogP contribution in [-0.4, -0.2) is 65.3 Å². The summed E-state index contributed by atoms with van der Waals surface area (Å²) in [6.45, 7) is -0.877. The lowest BCUT2D eigenvalue weighted by molar-refractivity contribution is -0.134. The van der Waals surface area contributed by atoms with Crippen molar-refractivity contribution < 1.29 is 24.9 Å². The number of hydrogen-bond donors (Lipinski definition) is 5. The molecule has 0 aromatic rings. The summed E-state index contributed by atoms with van der Waals surface area (Å²) in [5.41, 5.74) is 3.44. The molecule has 6 N–H and O–H groups in total. The summed E-state index contributed by atoms with van der Waals surface area (Å²) in [6, 6.07) is 0. The van der Waals surface area contributed by atoms with E-state index in [4.69, 9.17) is 25.8 Å². The molecule has 7 nitrogen and oxygen atoms in total. The lowest BCUT2D eigenvalue weighted by Crippen LogP contribution is -2.65. The molecule has 0 bridgehead atoms. The van der Waals surface area contributed by atoms with Crippen LogP contribution < -0.4 is 11.1 Å². The van der Waals surface area contributed by atoms with Crippen LogP contribution in [0.5, 0.6) is 0 Å². The molecule has 1 aliphatic heterocycles. The number of aliphatic hydroxyl groups excluding tert-OH is 3. The van der Waals surface area contributed by atoms with Gasteiger partial charge in [0.1, 0.15) is 5.54 Å². The minimum absolute atomic E-state index is 0.372. The Hall–Kier alpha value is -0.730. The number of amides is 1. The molecule has 0 aliphatic carbocycles. The molecular formula is C10H20N2O5. The van der Waals surface area contributed by atoms with Gasteiger partial charge in [0.25, 0.3) is 0 Å². The highest BCUT2D eigenvalue weighted by atomic mass is 16.5. The van der Waals surface area contributed by atoms with Crippen molar-refractivity contribution in [3.05, 3.63) is 0 Å². The molecule has 100 valence electrons. The number of aliphatic hydroxyl groups is 3. The summed E-state index contributed by atoms with van der Waals surface area (Å²) < 4.78 is 5.12. The molecule has 1 saturated heterocycles. The van der Waals surface area contributed by atoms with E-state index in [-0.39, 0.29) is 0 Å². The van der Waals surface area contributed by atoms with E-state index >= 15 is 0 Å². The van der Waals surface area contributed by atoms with Gasteiger partial charge in [0, 0.05) is 13.2 Å². The average molecular weight is 248 g/mol. The molecule has 0 aromatic carbocycles. The molecule has 1 amide bonds. The molecule has 0 saturated carbocycles. The maximum Gasteiger partial charge on any atom is 0.240 e. The summed E-state index contributed by atoms with van der Waals surface area (Å²) in [5, 5.41) is 29.7. The zero-order valence-electron chi connectivity index (χ0n) is 9.69. The van der Waals surface area contributed by atoms with E-state index < -0.39 is 36.8 Å². The fourth-order valence-corrected chi connectivity index (χ4v) is 1.60. The van der Waals surface area contributed by atoms with E-state index in [9.17, 15) is 4.79 Å². The Labute approximate surface area is 99.6 Å². The van der Waals surface area contributed by atoms with E-state index in [0.29, 0.717) is 26.1 Å². The minimum Gasteiger partial charge on any atom is -0.394 e. The maximum atomic E-state index is 12.0. The zero-order valence-corrected chi connectivity index (χ0v) is 9.69. The van der Waals surface area contributed by atoms with Crippen LogP contribution in [0.3, 0.4) is 0 Å². The first-order valence-electron chi connectivity index (χ1n) is 5.54. The lowest BCUT2D eigenvalue weighted by atomic mass is 9.89. The van der Waals surface area contributed by atoms with Gasteiger partial charge in [-0.3, -0.25) is 4.79 Å². The zero-order chi connectivity index (χ0) is 12.9. The van der Waals surface area contributed by atoms with Crippen LogP contribution in [0, 0.1) is 0 Å².